The lowest BCUT2D eigenvalue weighted by Gasteiger charge is -2.44. The van der Waals surface area contributed by atoms with Crippen molar-refractivity contribution in [2.45, 2.75) is 37.5 Å². The van der Waals surface area contributed by atoms with Crippen LogP contribution in [-0.2, 0) is 23.7 Å². The fourth-order valence-electron chi connectivity index (χ4n) is 8.51. The predicted molar refractivity (Wildman–Crippen MR) is 188 cm³/mol. The Bertz CT molecular complexity index is 2120. The predicted octanol–water partition coefficient (Wildman–Crippen LogP) is 9.55. The molecule has 2 aliphatic heterocycles. The van der Waals surface area contributed by atoms with Crippen LogP contribution >= 0.6 is 0 Å². The fourth-order valence-corrected chi connectivity index (χ4v) is 8.51. The number of hydrogen-bond acceptors (Lipinski definition) is 4. The second-order valence-electron chi connectivity index (χ2n) is 13.3. The van der Waals surface area contributed by atoms with Crippen LogP contribution in [0.4, 0.5) is 28.4 Å². The zero-order valence-electron chi connectivity index (χ0n) is 26.0. The number of aryl methyl sites for hydroxylation is 2. The molecule has 9 rings (SSSR count). The first-order chi connectivity index (χ1) is 22.4. The zero-order valence-corrected chi connectivity index (χ0v) is 26.0. The van der Waals surface area contributed by atoms with Gasteiger partial charge in [-0.05, 0) is 83.1 Å². The maximum atomic E-state index is 7.11. The average Bonchev–Trinajstić information content (AvgIpc) is 3.22. The van der Waals surface area contributed by atoms with Gasteiger partial charge in [0.2, 0.25) is 0 Å². The molecule has 0 amide bonds. The second kappa shape index (κ2) is 9.51. The van der Waals surface area contributed by atoms with Gasteiger partial charge in [0.05, 0.1) is 28.2 Å². The monoisotopic (exact) mass is 597 g/mol. The Balaban J connectivity index is 1.42. The maximum Gasteiger partial charge on any atom is 0.132 e. The van der Waals surface area contributed by atoms with E-state index in [2.05, 4.69) is 128 Å². The Labute approximate surface area is 269 Å². The summed E-state index contributed by atoms with van der Waals surface area (Å²) >= 11 is 0. The first-order valence-corrected chi connectivity index (χ1v) is 16.1. The molecule has 46 heavy (non-hydrogen) atoms. The summed E-state index contributed by atoms with van der Waals surface area (Å²) in [6.07, 6.45) is 1.75. The van der Waals surface area contributed by atoms with Crippen molar-refractivity contribution in [3.8, 4) is 11.5 Å². The molecule has 0 unspecified atom stereocenters. The maximum absolute atomic E-state index is 7.11. The van der Waals surface area contributed by atoms with E-state index in [4.69, 9.17) is 16.2 Å². The highest BCUT2D eigenvalue weighted by Gasteiger charge is 2.50. The molecule has 0 aromatic heterocycles. The number of nitrogens with two attached hydrogens (primary N) is 2. The minimum Gasteiger partial charge on any atom is -0.457 e. The number of fused-ring (bicyclic) bond motifs is 10. The summed E-state index contributed by atoms with van der Waals surface area (Å²) in [5.41, 5.74) is 27.2. The number of para-hydroxylation sites is 4. The van der Waals surface area contributed by atoms with Gasteiger partial charge in [0, 0.05) is 27.8 Å². The van der Waals surface area contributed by atoms with E-state index >= 15 is 0 Å². The fraction of sp³-hybridized carbons (Fsp3) is 0.143. The minimum absolute atomic E-state index is 0.139. The van der Waals surface area contributed by atoms with Crippen molar-refractivity contribution in [3.05, 3.63) is 172 Å². The van der Waals surface area contributed by atoms with Crippen LogP contribution < -0.4 is 21.1 Å². The van der Waals surface area contributed by atoms with Crippen LogP contribution in [-0.4, -0.2) is 0 Å². The van der Waals surface area contributed by atoms with E-state index in [1.54, 1.807) is 0 Å². The van der Waals surface area contributed by atoms with Crippen molar-refractivity contribution in [2.24, 2.45) is 0 Å². The van der Waals surface area contributed by atoms with Gasteiger partial charge in [-0.2, -0.15) is 0 Å². The van der Waals surface area contributed by atoms with E-state index in [0.29, 0.717) is 11.4 Å². The molecule has 0 fully saturated rings. The smallest absolute Gasteiger partial charge is 0.132 e. The van der Waals surface area contributed by atoms with Crippen LogP contribution in [0.5, 0.6) is 11.5 Å². The van der Waals surface area contributed by atoms with Crippen LogP contribution in [0.3, 0.4) is 0 Å². The third-order valence-corrected chi connectivity index (χ3v) is 10.6. The van der Waals surface area contributed by atoms with Gasteiger partial charge in [-0.1, -0.05) is 98.8 Å². The summed E-state index contributed by atoms with van der Waals surface area (Å²) < 4.78 is 6.63. The molecule has 0 atom stereocenters. The van der Waals surface area contributed by atoms with Crippen molar-refractivity contribution < 1.29 is 4.74 Å². The molecule has 6 aromatic rings. The first-order valence-electron chi connectivity index (χ1n) is 16.1. The van der Waals surface area contributed by atoms with Gasteiger partial charge in [-0.3, -0.25) is 0 Å². The molecular weight excluding hydrogens is 562 g/mol. The summed E-state index contributed by atoms with van der Waals surface area (Å²) in [5.74, 6) is 1.67. The normalized spacial score (nSPS) is 16.1. The average molecular weight is 598 g/mol. The third kappa shape index (κ3) is 3.44. The van der Waals surface area contributed by atoms with Gasteiger partial charge < -0.3 is 21.1 Å². The Morgan fingerprint density at radius 1 is 0.565 bits per heavy atom. The van der Waals surface area contributed by atoms with E-state index in [-0.39, 0.29) is 5.41 Å². The topological polar surface area (TPSA) is 64.5 Å². The molecule has 4 N–H and O–H groups in total. The number of anilines is 5. The lowest BCUT2D eigenvalue weighted by atomic mass is 9.61. The van der Waals surface area contributed by atoms with E-state index in [9.17, 15) is 0 Å². The van der Waals surface area contributed by atoms with Gasteiger partial charge >= 0.3 is 0 Å². The van der Waals surface area contributed by atoms with Crippen molar-refractivity contribution in [3.63, 3.8) is 0 Å². The summed E-state index contributed by atoms with van der Waals surface area (Å²) in [5, 5.41) is 0. The highest BCUT2D eigenvalue weighted by atomic mass is 16.5. The number of nitrogen functional groups attached to an aromatic ring is 2. The van der Waals surface area contributed by atoms with Crippen LogP contribution in [0.2, 0.25) is 0 Å². The van der Waals surface area contributed by atoms with Crippen LogP contribution in [0, 0.1) is 0 Å². The summed E-state index contributed by atoms with van der Waals surface area (Å²) in [7, 11) is 0. The molecule has 3 aliphatic rings. The lowest BCUT2D eigenvalue weighted by Crippen LogP contribution is -2.36. The van der Waals surface area contributed by atoms with Gasteiger partial charge in [0.25, 0.3) is 0 Å². The van der Waals surface area contributed by atoms with Crippen LogP contribution in [0.15, 0.2) is 127 Å². The Morgan fingerprint density at radius 3 is 1.72 bits per heavy atom. The molecule has 0 saturated heterocycles. The lowest BCUT2D eigenvalue weighted by molar-refractivity contribution is 0.434. The van der Waals surface area contributed by atoms with Crippen molar-refractivity contribution >= 4 is 28.4 Å². The largest absolute Gasteiger partial charge is 0.457 e. The first kappa shape index (κ1) is 26.9. The number of benzene rings is 6. The molecule has 0 radical (unpaired) electrons. The molecule has 0 saturated carbocycles. The Morgan fingerprint density at radius 2 is 1.09 bits per heavy atom. The zero-order chi connectivity index (χ0) is 31.2. The van der Waals surface area contributed by atoms with Crippen molar-refractivity contribution in [1.29, 1.82) is 0 Å². The van der Waals surface area contributed by atoms with Crippen LogP contribution in [0.1, 0.15) is 58.4 Å². The molecule has 1 aliphatic carbocycles. The Kier molecular flexibility index (Phi) is 5.56. The van der Waals surface area contributed by atoms with Gasteiger partial charge in [0.1, 0.15) is 11.5 Å². The third-order valence-electron chi connectivity index (χ3n) is 10.6. The van der Waals surface area contributed by atoms with E-state index in [0.717, 1.165) is 46.7 Å². The molecule has 2 heterocycles. The quantitative estimate of drug-likeness (QED) is 0.185. The van der Waals surface area contributed by atoms with E-state index < -0.39 is 5.41 Å². The number of hydrogen-bond donors (Lipinski definition) is 2. The molecule has 0 bridgehead atoms. The summed E-state index contributed by atoms with van der Waals surface area (Å²) in [4.78, 5) is 2.44. The van der Waals surface area contributed by atoms with Crippen molar-refractivity contribution in [2.75, 3.05) is 16.4 Å². The number of rotatable bonds is 1. The molecule has 4 heteroatoms. The molecular formula is C42H35N3O. The van der Waals surface area contributed by atoms with Gasteiger partial charge in [-0.25, -0.2) is 0 Å². The summed E-state index contributed by atoms with van der Waals surface area (Å²) in [6, 6.07) is 45.7. The number of ether oxygens (including phenoxy) is 1. The van der Waals surface area contributed by atoms with Crippen molar-refractivity contribution in [1.82, 2.24) is 0 Å². The van der Waals surface area contributed by atoms with Crippen LogP contribution in [0.25, 0.3) is 0 Å². The van der Waals surface area contributed by atoms with E-state index in [1.807, 2.05) is 18.2 Å². The molecule has 6 aromatic carbocycles. The minimum atomic E-state index is -0.740. The van der Waals surface area contributed by atoms with E-state index in [1.165, 1.54) is 39.2 Å². The highest BCUT2D eigenvalue weighted by Crippen LogP contribution is 2.60. The molecule has 4 nitrogen and oxygen atoms in total. The Hall–Kier alpha value is -5.48. The van der Waals surface area contributed by atoms with Gasteiger partial charge in [-0.15, -0.1) is 0 Å². The SMILES string of the molecule is CC1(C)c2ccccc2N(c2ccc3c(c2)C2(c4ccccc4Oc4ccccc42)c2c(ccc(N)c2N)CC3)c2ccccc21. The summed E-state index contributed by atoms with van der Waals surface area (Å²) in [6.45, 7) is 4.65. The standard InChI is InChI=1S/C42H35N3O/c1-41(2)29-11-3-7-15-35(29)45(36-16-8-4-12-30(36)41)28-23-21-26-19-20-27-22-24-34(43)40(44)39(27)42(33(26)25-28)31-13-5-9-17-37(31)46-38-18-10-6-14-32(38)42/h3-18,21-25H,19-20,43-44H2,1-2H3. The van der Waals surface area contributed by atoms with Gasteiger partial charge in [0.15, 0.2) is 0 Å². The molecule has 224 valence electrons. The molecule has 1 spiro atoms. The second-order valence-corrected chi connectivity index (χ2v) is 13.3. The number of nitrogens with zero attached hydrogens (tertiary/aromatic N) is 1. The highest BCUT2D eigenvalue weighted by molar-refractivity contribution is 5.88.